The number of halogens is 1. The van der Waals surface area contributed by atoms with Gasteiger partial charge in [0.05, 0.1) is 4.34 Å². The van der Waals surface area contributed by atoms with E-state index in [0.29, 0.717) is 37.7 Å². The Bertz CT molecular complexity index is 720. The molecule has 0 atom stereocenters. The number of anilines is 1. The highest BCUT2D eigenvalue weighted by Crippen LogP contribution is 2.32. The quantitative estimate of drug-likeness (QED) is 0.848. The Kier molecular flexibility index (Phi) is 5.60. The van der Waals surface area contributed by atoms with Gasteiger partial charge in [-0.3, -0.25) is 4.79 Å². The third-order valence-electron chi connectivity index (χ3n) is 3.60. The molecule has 24 heavy (non-hydrogen) atoms. The molecular weight excluding hydrogens is 348 g/mol. The Labute approximate surface area is 150 Å². The predicted octanol–water partition coefficient (Wildman–Crippen LogP) is 3.63. The van der Waals surface area contributed by atoms with Gasteiger partial charge in [0.25, 0.3) is 0 Å². The maximum Gasteiger partial charge on any atom is 0.225 e. The van der Waals surface area contributed by atoms with E-state index in [0.717, 1.165) is 16.6 Å². The number of rotatable bonds is 6. The van der Waals surface area contributed by atoms with Crippen LogP contribution in [0.3, 0.4) is 0 Å². The van der Waals surface area contributed by atoms with E-state index in [1.807, 2.05) is 31.3 Å². The van der Waals surface area contributed by atoms with Crippen molar-refractivity contribution in [2.45, 2.75) is 13.0 Å². The van der Waals surface area contributed by atoms with Gasteiger partial charge in [0.1, 0.15) is 13.2 Å². The third-order valence-corrected chi connectivity index (χ3v) is 4.82. The maximum absolute atomic E-state index is 12.1. The number of hydrogen-bond donors (Lipinski definition) is 1. The van der Waals surface area contributed by atoms with Gasteiger partial charge in [0.2, 0.25) is 5.91 Å². The fourth-order valence-electron chi connectivity index (χ4n) is 2.42. The zero-order valence-electron chi connectivity index (χ0n) is 13.4. The molecular formula is C17H19ClN2O3S. The van der Waals surface area contributed by atoms with Crippen LogP contribution in [0.2, 0.25) is 4.34 Å². The Morgan fingerprint density at radius 1 is 1.25 bits per heavy atom. The summed E-state index contributed by atoms with van der Waals surface area (Å²) in [5, 5.41) is 2.90. The van der Waals surface area contributed by atoms with Gasteiger partial charge in [-0.25, -0.2) is 0 Å². The van der Waals surface area contributed by atoms with Crippen LogP contribution in [-0.4, -0.2) is 37.6 Å². The van der Waals surface area contributed by atoms with Crippen LogP contribution < -0.4 is 14.8 Å². The van der Waals surface area contributed by atoms with Gasteiger partial charge < -0.3 is 19.7 Å². The van der Waals surface area contributed by atoms with E-state index < -0.39 is 0 Å². The molecule has 7 heteroatoms. The molecule has 0 saturated carbocycles. The first kappa shape index (κ1) is 17.1. The average molecular weight is 367 g/mol. The Morgan fingerprint density at radius 3 is 2.79 bits per heavy atom. The highest BCUT2D eigenvalue weighted by atomic mass is 35.5. The van der Waals surface area contributed by atoms with Crippen molar-refractivity contribution < 1.29 is 14.3 Å². The second kappa shape index (κ2) is 7.88. The van der Waals surface area contributed by atoms with Crippen LogP contribution in [0, 0.1) is 0 Å². The summed E-state index contributed by atoms with van der Waals surface area (Å²) in [5.74, 6) is 1.36. The molecule has 0 fully saturated rings. The van der Waals surface area contributed by atoms with Crippen molar-refractivity contribution in [3.8, 4) is 11.5 Å². The largest absolute Gasteiger partial charge is 0.486 e. The zero-order valence-corrected chi connectivity index (χ0v) is 15.0. The third kappa shape index (κ3) is 4.63. The number of amides is 1. The summed E-state index contributed by atoms with van der Waals surface area (Å²) in [4.78, 5) is 15.4. The molecule has 0 bridgehead atoms. The standard InChI is InChI=1S/C17H19ClN2O3S/c1-20(11-13-3-5-16(18)24-13)7-6-17(21)19-12-2-4-14-15(10-12)23-9-8-22-14/h2-5,10H,6-9,11H2,1H3,(H,19,21). The summed E-state index contributed by atoms with van der Waals surface area (Å²) in [6.07, 6.45) is 0.421. The molecule has 2 aromatic rings. The molecule has 0 aliphatic carbocycles. The number of hydrogen-bond acceptors (Lipinski definition) is 5. The average Bonchev–Trinajstić information content (AvgIpc) is 2.98. The summed E-state index contributed by atoms with van der Waals surface area (Å²) in [5.41, 5.74) is 0.719. The first-order valence-electron chi connectivity index (χ1n) is 7.72. The van der Waals surface area contributed by atoms with Gasteiger partial charge in [0.15, 0.2) is 11.5 Å². The molecule has 1 aliphatic rings. The van der Waals surface area contributed by atoms with Gasteiger partial charge in [-0.05, 0) is 31.3 Å². The van der Waals surface area contributed by atoms with Gasteiger partial charge in [-0.15, -0.1) is 11.3 Å². The van der Waals surface area contributed by atoms with E-state index in [4.69, 9.17) is 21.1 Å². The summed E-state index contributed by atoms with van der Waals surface area (Å²) in [7, 11) is 1.99. The maximum atomic E-state index is 12.1. The van der Waals surface area contributed by atoms with Gasteiger partial charge in [0, 0.05) is 36.1 Å². The van der Waals surface area contributed by atoms with Crippen LogP contribution in [-0.2, 0) is 11.3 Å². The monoisotopic (exact) mass is 366 g/mol. The summed E-state index contributed by atoms with van der Waals surface area (Å²) >= 11 is 7.49. The predicted molar refractivity (Wildman–Crippen MR) is 96.3 cm³/mol. The molecule has 0 unspecified atom stereocenters. The van der Waals surface area contributed by atoms with Crippen molar-refractivity contribution in [3.63, 3.8) is 0 Å². The smallest absolute Gasteiger partial charge is 0.225 e. The Balaban J connectivity index is 1.47. The molecule has 1 aliphatic heterocycles. The van der Waals surface area contributed by atoms with Crippen LogP contribution in [0.25, 0.3) is 0 Å². The second-order valence-electron chi connectivity index (χ2n) is 5.60. The molecule has 3 rings (SSSR count). The molecule has 1 aromatic carbocycles. The number of nitrogens with zero attached hydrogens (tertiary/aromatic N) is 1. The molecule has 0 radical (unpaired) electrons. The van der Waals surface area contributed by atoms with Crippen molar-refractivity contribution in [1.82, 2.24) is 4.90 Å². The minimum Gasteiger partial charge on any atom is -0.486 e. The number of thiophene rings is 1. The van der Waals surface area contributed by atoms with Gasteiger partial charge in [-0.2, -0.15) is 0 Å². The number of ether oxygens (including phenoxy) is 2. The van der Waals surface area contributed by atoms with Crippen molar-refractivity contribution in [2.24, 2.45) is 0 Å². The van der Waals surface area contributed by atoms with E-state index in [1.165, 1.54) is 4.88 Å². The number of carbonyl (C=O) groups excluding carboxylic acids is 1. The highest BCUT2D eigenvalue weighted by Gasteiger charge is 2.13. The van der Waals surface area contributed by atoms with E-state index in [9.17, 15) is 4.79 Å². The normalized spacial score (nSPS) is 13.1. The van der Waals surface area contributed by atoms with Gasteiger partial charge in [-0.1, -0.05) is 11.6 Å². The lowest BCUT2D eigenvalue weighted by Crippen LogP contribution is -2.23. The molecule has 128 valence electrons. The first-order valence-corrected chi connectivity index (χ1v) is 8.92. The molecule has 0 saturated heterocycles. The Hall–Kier alpha value is -1.76. The topological polar surface area (TPSA) is 50.8 Å². The molecule has 0 spiro atoms. The summed E-state index contributed by atoms with van der Waals surface area (Å²) < 4.78 is 11.8. The van der Waals surface area contributed by atoms with Crippen LogP contribution in [0.5, 0.6) is 11.5 Å². The molecule has 1 amide bonds. The molecule has 5 nitrogen and oxygen atoms in total. The van der Waals surface area contributed by atoms with Crippen molar-refractivity contribution >= 4 is 34.5 Å². The lowest BCUT2D eigenvalue weighted by Gasteiger charge is -2.19. The van der Waals surface area contributed by atoms with Crippen LogP contribution >= 0.6 is 22.9 Å². The summed E-state index contributed by atoms with van der Waals surface area (Å²) in [6.45, 7) is 2.54. The van der Waals surface area contributed by atoms with Crippen LogP contribution in [0.4, 0.5) is 5.69 Å². The van der Waals surface area contributed by atoms with E-state index >= 15 is 0 Å². The van der Waals surface area contributed by atoms with Gasteiger partial charge >= 0.3 is 0 Å². The number of fused-ring (bicyclic) bond motifs is 1. The van der Waals surface area contributed by atoms with Crippen molar-refractivity contribution in [1.29, 1.82) is 0 Å². The zero-order chi connectivity index (χ0) is 16.9. The highest BCUT2D eigenvalue weighted by molar-refractivity contribution is 7.16. The van der Waals surface area contributed by atoms with E-state index in [1.54, 1.807) is 17.4 Å². The molecule has 1 N–H and O–H groups in total. The van der Waals surface area contributed by atoms with Crippen molar-refractivity contribution in [2.75, 3.05) is 32.1 Å². The second-order valence-corrected chi connectivity index (χ2v) is 7.40. The minimum atomic E-state index is -0.0252. The fraction of sp³-hybridized carbons (Fsp3) is 0.353. The van der Waals surface area contributed by atoms with Crippen LogP contribution in [0.1, 0.15) is 11.3 Å². The number of nitrogens with one attached hydrogen (secondary N) is 1. The van der Waals surface area contributed by atoms with E-state index in [-0.39, 0.29) is 5.91 Å². The first-order chi connectivity index (χ1) is 11.6. The fourth-order valence-corrected chi connectivity index (χ4v) is 3.59. The van der Waals surface area contributed by atoms with Crippen LogP contribution in [0.15, 0.2) is 30.3 Å². The minimum absolute atomic E-state index is 0.0252. The Morgan fingerprint density at radius 2 is 2.04 bits per heavy atom. The van der Waals surface area contributed by atoms with E-state index in [2.05, 4.69) is 10.2 Å². The number of benzene rings is 1. The number of carbonyl (C=O) groups is 1. The lowest BCUT2D eigenvalue weighted by atomic mass is 10.2. The summed E-state index contributed by atoms with van der Waals surface area (Å²) in [6, 6.07) is 9.34. The SMILES string of the molecule is CN(CCC(=O)Nc1ccc2c(c1)OCCO2)Cc1ccc(Cl)s1. The lowest BCUT2D eigenvalue weighted by molar-refractivity contribution is -0.116. The molecule has 1 aromatic heterocycles. The molecule has 2 heterocycles. The van der Waals surface area contributed by atoms with Crippen molar-refractivity contribution in [3.05, 3.63) is 39.5 Å².